The summed E-state index contributed by atoms with van der Waals surface area (Å²) < 4.78 is 64.6. The molecule has 0 bridgehead atoms. The van der Waals surface area contributed by atoms with Crippen molar-refractivity contribution in [2.24, 2.45) is 0 Å². The zero-order valence-electron chi connectivity index (χ0n) is 21.4. The molecule has 15 heteroatoms. The maximum Gasteiger partial charge on any atom is 0.416 e. The number of halogens is 5. The van der Waals surface area contributed by atoms with E-state index in [0.29, 0.717) is 4.57 Å². The fourth-order valence-electron chi connectivity index (χ4n) is 4.60. The van der Waals surface area contributed by atoms with Gasteiger partial charge in [0.05, 0.1) is 41.2 Å². The molecule has 0 radical (unpaired) electrons. The maximum absolute atomic E-state index is 15.4. The Morgan fingerprint density at radius 1 is 1.02 bits per heavy atom. The molecule has 0 aliphatic carbocycles. The van der Waals surface area contributed by atoms with E-state index < -0.39 is 46.0 Å². The van der Waals surface area contributed by atoms with E-state index in [1.165, 1.54) is 66.4 Å². The van der Waals surface area contributed by atoms with E-state index in [4.69, 9.17) is 4.74 Å². The van der Waals surface area contributed by atoms with Gasteiger partial charge in [-0.3, -0.25) is 19.5 Å². The molecular formula is C27H18BrF4N5O5. The highest BCUT2D eigenvalue weighted by molar-refractivity contribution is 9.08. The van der Waals surface area contributed by atoms with Crippen molar-refractivity contribution in [3.05, 3.63) is 120 Å². The third kappa shape index (κ3) is 4.85. The van der Waals surface area contributed by atoms with Crippen molar-refractivity contribution >= 4 is 32.7 Å². The molecule has 0 saturated carbocycles. The van der Waals surface area contributed by atoms with Gasteiger partial charge in [-0.15, -0.1) is 5.10 Å². The fraction of sp³-hybridized carbons (Fsp3) is 0.148. The summed E-state index contributed by atoms with van der Waals surface area (Å²) in [6.45, 7) is -0.671. The van der Waals surface area contributed by atoms with Gasteiger partial charge in [0.25, 0.3) is 11.2 Å². The Labute approximate surface area is 241 Å². The van der Waals surface area contributed by atoms with Gasteiger partial charge in [0.15, 0.2) is 17.2 Å². The largest absolute Gasteiger partial charge is 0.494 e. The second kappa shape index (κ2) is 10.9. The van der Waals surface area contributed by atoms with Crippen molar-refractivity contribution in [1.82, 2.24) is 18.9 Å². The van der Waals surface area contributed by atoms with Gasteiger partial charge in [-0.05, 0) is 35.9 Å². The molecular weight excluding hydrogens is 630 g/mol. The lowest BCUT2D eigenvalue weighted by molar-refractivity contribution is -0.384. The monoisotopic (exact) mass is 647 g/mol. The summed E-state index contributed by atoms with van der Waals surface area (Å²) in [6, 6.07) is 13.5. The molecule has 5 rings (SSSR count). The average molecular weight is 648 g/mol. The average Bonchev–Trinajstić information content (AvgIpc) is 3.36. The number of hydrogen-bond donors (Lipinski definition) is 0. The number of alkyl halides is 4. The Morgan fingerprint density at radius 2 is 1.71 bits per heavy atom. The number of non-ortho nitro benzene ring substituents is 1. The lowest BCUT2D eigenvalue weighted by atomic mass is 10.1. The highest BCUT2D eigenvalue weighted by Crippen LogP contribution is 2.33. The summed E-state index contributed by atoms with van der Waals surface area (Å²) in [7, 11) is 1.19. The van der Waals surface area contributed by atoms with Crippen molar-refractivity contribution in [3.63, 3.8) is 0 Å². The molecule has 2 aromatic heterocycles. The molecule has 2 heterocycles. The van der Waals surface area contributed by atoms with E-state index in [0.717, 1.165) is 16.7 Å². The zero-order valence-corrected chi connectivity index (χ0v) is 23.0. The number of rotatable bonds is 7. The summed E-state index contributed by atoms with van der Waals surface area (Å²) in [4.78, 5) is 38.3. The zero-order chi connectivity index (χ0) is 30.3. The van der Waals surface area contributed by atoms with Gasteiger partial charge in [0.2, 0.25) is 0 Å². The number of nitro groups is 1. The molecule has 0 atom stereocenters. The first-order valence-electron chi connectivity index (χ1n) is 12.0. The molecule has 0 unspecified atom stereocenters. The number of nitro benzene ring substituents is 1. The molecule has 0 amide bonds. The molecule has 216 valence electrons. The highest BCUT2D eigenvalue weighted by atomic mass is 79.9. The molecule has 0 N–H and O–H groups in total. The number of benzene rings is 3. The van der Waals surface area contributed by atoms with Gasteiger partial charge in [0, 0.05) is 17.5 Å². The van der Waals surface area contributed by atoms with Crippen LogP contribution >= 0.6 is 15.9 Å². The molecule has 0 aliphatic heterocycles. The summed E-state index contributed by atoms with van der Waals surface area (Å²) in [6.07, 6.45) is -4.76. The summed E-state index contributed by atoms with van der Waals surface area (Å²) in [5, 5.41) is 15.3. The third-order valence-electron chi connectivity index (χ3n) is 6.54. The van der Waals surface area contributed by atoms with Crippen LogP contribution in [0.5, 0.6) is 5.75 Å². The minimum Gasteiger partial charge on any atom is -0.494 e. The van der Waals surface area contributed by atoms with E-state index in [9.17, 15) is 32.9 Å². The number of hydrogen-bond acceptors (Lipinski definition) is 6. The Bertz CT molecular complexity index is 1970. The third-order valence-corrected chi connectivity index (χ3v) is 7.08. The quantitative estimate of drug-likeness (QED) is 0.102. The van der Waals surface area contributed by atoms with Gasteiger partial charge >= 0.3 is 11.9 Å². The topological polar surface area (TPSA) is 114 Å². The Kier molecular flexibility index (Phi) is 7.45. The molecule has 0 fully saturated rings. The lowest BCUT2D eigenvalue weighted by Crippen LogP contribution is -2.40. The Balaban J connectivity index is 1.88. The molecule has 5 aromatic rings. The van der Waals surface area contributed by atoms with Gasteiger partial charge in [0.1, 0.15) is 5.39 Å². The van der Waals surface area contributed by atoms with Crippen LogP contribution in [-0.4, -0.2) is 30.9 Å². The van der Waals surface area contributed by atoms with Crippen LogP contribution in [0.15, 0.2) is 76.3 Å². The Morgan fingerprint density at radius 3 is 2.33 bits per heavy atom. The van der Waals surface area contributed by atoms with Crippen molar-refractivity contribution in [2.45, 2.75) is 18.1 Å². The van der Waals surface area contributed by atoms with E-state index >= 15 is 4.39 Å². The standard InChI is InChI=1S/C27H18BrF4N5O5/c1-42-21-8-4-7-19(23(21)29)35-25(38)22-20(13-28)36(16-9-11-17(12-10-16)37(40)41)33-24(22)34(26(35)39)14-15-5-2-3-6-18(15)27(30,31)32/h2-12H,13-14H2,1H3. The maximum atomic E-state index is 15.4. The van der Waals surface area contributed by atoms with Gasteiger partial charge in [-0.25, -0.2) is 18.4 Å². The molecule has 0 saturated heterocycles. The van der Waals surface area contributed by atoms with Crippen LogP contribution in [0.25, 0.3) is 22.4 Å². The summed E-state index contributed by atoms with van der Waals surface area (Å²) in [5.41, 5.74) is -3.97. The van der Waals surface area contributed by atoms with Crippen LogP contribution in [0, 0.1) is 15.9 Å². The van der Waals surface area contributed by atoms with Crippen molar-refractivity contribution in [3.8, 4) is 17.1 Å². The van der Waals surface area contributed by atoms with E-state index in [1.54, 1.807) is 0 Å². The molecule has 3 aromatic carbocycles. The smallest absolute Gasteiger partial charge is 0.416 e. The SMILES string of the molecule is COc1cccc(-n2c(=O)c3c(CBr)n(-c4ccc([N+](=O)[O-])cc4)nc3n(Cc3ccccc3C(F)(F)F)c2=O)c1F. The van der Waals surface area contributed by atoms with Crippen LogP contribution in [0.4, 0.5) is 23.2 Å². The normalized spacial score (nSPS) is 11.7. The number of aromatic nitrogens is 4. The van der Waals surface area contributed by atoms with E-state index in [-0.39, 0.29) is 44.7 Å². The predicted octanol–water partition coefficient (Wildman–Crippen LogP) is 5.36. The predicted molar refractivity (Wildman–Crippen MR) is 147 cm³/mol. The minimum atomic E-state index is -4.76. The first-order chi connectivity index (χ1) is 20.0. The van der Waals surface area contributed by atoms with Crippen LogP contribution < -0.4 is 16.0 Å². The van der Waals surface area contributed by atoms with Crippen molar-refractivity contribution in [2.75, 3.05) is 7.11 Å². The first-order valence-corrected chi connectivity index (χ1v) is 13.2. The lowest BCUT2D eigenvalue weighted by Gasteiger charge is -2.16. The molecule has 10 nitrogen and oxygen atoms in total. The number of nitrogens with zero attached hydrogens (tertiary/aromatic N) is 5. The van der Waals surface area contributed by atoms with Crippen LogP contribution in [0.3, 0.4) is 0 Å². The van der Waals surface area contributed by atoms with Crippen molar-refractivity contribution < 1.29 is 27.2 Å². The first kappa shape index (κ1) is 28.7. The van der Waals surface area contributed by atoms with Gasteiger partial charge in [-0.2, -0.15) is 13.2 Å². The summed E-state index contributed by atoms with van der Waals surface area (Å²) >= 11 is 3.30. The number of methoxy groups -OCH3 is 1. The van der Waals surface area contributed by atoms with Crippen LogP contribution in [0.1, 0.15) is 16.8 Å². The minimum absolute atomic E-state index is 0.0341. The molecule has 0 aliphatic rings. The van der Waals surface area contributed by atoms with E-state index in [1.807, 2.05) is 0 Å². The van der Waals surface area contributed by atoms with Crippen molar-refractivity contribution in [1.29, 1.82) is 0 Å². The van der Waals surface area contributed by atoms with Crippen LogP contribution in [-0.2, 0) is 18.1 Å². The van der Waals surface area contributed by atoms with Gasteiger partial charge in [-0.1, -0.05) is 40.2 Å². The number of ether oxygens (including phenoxy) is 1. The fourth-order valence-corrected chi connectivity index (χ4v) is 5.12. The molecule has 0 spiro atoms. The van der Waals surface area contributed by atoms with Gasteiger partial charge < -0.3 is 4.74 Å². The highest BCUT2D eigenvalue weighted by Gasteiger charge is 2.34. The summed E-state index contributed by atoms with van der Waals surface area (Å²) in [5.74, 6) is -1.31. The van der Waals surface area contributed by atoms with Crippen LogP contribution in [0.2, 0.25) is 0 Å². The second-order valence-corrected chi connectivity index (χ2v) is 9.48. The van der Waals surface area contributed by atoms with E-state index in [2.05, 4.69) is 21.0 Å². The number of fused-ring (bicyclic) bond motifs is 1. The Hall–Kier alpha value is -4.79. The second-order valence-electron chi connectivity index (χ2n) is 8.92. The molecule has 42 heavy (non-hydrogen) atoms.